The van der Waals surface area contributed by atoms with E-state index in [9.17, 15) is 9.90 Å². The van der Waals surface area contributed by atoms with Gasteiger partial charge in [-0.15, -0.1) is 0 Å². The van der Waals surface area contributed by atoms with E-state index < -0.39 is 5.60 Å². The molecule has 0 aromatic carbocycles. The Morgan fingerprint density at radius 1 is 1.44 bits per heavy atom. The van der Waals surface area contributed by atoms with Crippen molar-refractivity contribution in [2.75, 3.05) is 6.61 Å². The molecule has 2 atom stereocenters. The molecule has 2 unspecified atom stereocenters. The third-order valence-electron chi connectivity index (χ3n) is 3.77. The molecule has 94 valence electrons. The van der Waals surface area contributed by atoms with Gasteiger partial charge in [0.15, 0.2) is 0 Å². The number of carbonyl (C=O) groups excluding carboxylic acids is 1. The average molecular weight is 228 g/mol. The van der Waals surface area contributed by atoms with Crippen LogP contribution in [0.25, 0.3) is 0 Å². The molecule has 1 saturated carbocycles. The molecule has 0 spiro atoms. The predicted octanol–water partition coefficient (Wildman–Crippen LogP) is 2.52. The van der Waals surface area contributed by atoms with E-state index in [-0.39, 0.29) is 23.7 Å². The number of aliphatic hydroxyl groups is 1. The zero-order valence-corrected chi connectivity index (χ0v) is 10.9. The summed E-state index contributed by atoms with van der Waals surface area (Å²) >= 11 is 0. The number of rotatable bonds is 3. The second kappa shape index (κ2) is 4.74. The monoisotopic (exact) mass is 228 g/mol. The fraction of sp³-hybridized carbons (Fsp3) is 0.923. The summed E-state index contributed by atoms with van der Waals surface area (Å²) in [6.07, 6.45) is 2.76. The minimum Gasteiger partial charge on any atom is -0.466 e. The molecule has 3 heteroatoms. The minimum absolute atomic E-state index is 0.137. The Morgan fingerprint density at radius 3 is 2.56 bits per heavy atom. The highest BCUT2D eigenvalue weighted by atomic mass is 16.5. The molecule has 1 aliphatic carbocycles. The first-order chi connectivity index (χ1) is 7.29. The van der Waals surface area contributed by atoms with E-state index in [1.54, 1.807) is 6.92 Å². The molecule has 1 aliphatic rings. The van der Waals surface area contributed by atoms with Crippen molar-refractivity contribution in [2.24, 2.45) is 11.3 Å². The lowest BCUT2D eigenvalue weighted by molar-refractivity contribution is -0.155. The SMILES string of the molecule is CCOC(=O)CC1(O)CCC(C)(C)CC1C. The van der Waals surface area contributed by atoms with Gasteiger partial charge in [0.25, 0.3) is 0 Å². The van der Waals surface area contributed by atoms with Crippen LogP contribution in [0.15, 0.2) is 0 Å². The molecule has 0 aromatic rings. The van der Waals surface area contributed by atoms with Crippen LogP contribution in [0.1, 0.15) is 53.4 Å². The van der Waals surface area contributed by atoms with Gasteiger partial charge in [-0.1, -0.05) is 20.8 Å². The van der Waals surface area contributed by atoms with E-state index in [0.29, 0.717) is 13.0 Å². The van der Waals surface area contributed by atoms with E-state index in [1.165, 1.54) is 0 Å². The lowest BCUT2D eigenvalue weighted by Gasteiger charge is -2.44. The van der Waals surface area contributed by atoms with Crippen LogP contribution in [0.2, 0.25) is 0 Å². The number of hydrogen-bond acceptors (Lipinski definition) is 3. The van der Waals surface area contributed by atoms with Crippen LogP contribution >= 0.6 is 0 Å². The van der Waals surface area contributed by atoms with Crippen LogP contribution in [-0.4, -0.2) is 23.3 Å². The van der Waals surface area contributed by atoms with Crippen LogP contribution in [-0.2, 0) is 9.53 Å². The van der Waals surface area contributed by atoms with Gasteiger partial charge in [0.05, 0.1) is 18.6 Å². The topological polar surface area (TPSA) is 46.5 Å². The third-order valence-corrected chi connectivity index (χ3v) is 3.77. The molecule has 0 radical (unpaired) electrons. The minimum atomic E-state index is -0.859. The number of carbonyl (C=O) groups is 1. The summed E-state index contributed by atoms with van der Waals surface area (Å²) in [5.41, 5.74) is -0.581. The van der Waals surface area contributed by atoms with Crippen LogP contribution < -0.4 is 0 Å². The van der Waals surface area contributed by atoms with E-state index in [4.69, 9.17) is 4.74 Å². The van der Waals surface area contributed by atoms with E-state index in [0.717, 1.165) is 12.8 Å². The van der Waals surface area contributed by atoms with Crippen molar-refractivity contribution >= 4 is 5.97 Å². The maximum atomic E-state index is 11.4. The molecule has 1 N–H and O–H groups in total. The number of ether oxygens (including phenoxy) is 1. The Balaban J connectivity index is 2.61. The summed E-state index contributed by atoms with van der Waals surface area (Å²) in [7, 11) is 0. The molecule has 0 heterocycles. The maximum Gasteiger partial charge on any atom is 0.308 e. The van der Waals surface area contributed by atoms with Crippen LogP contribution in [0.5, 0.6) is 0 Å². The second-order valence-electron chi connectivity index (χ2n) is 5.85. The van der Waals surface area contributed by atoms with Gasteiger partial charge in [-0.3, -0.25) is 4.79 Å². The molecule has 3 nitrogen and oxygen atoms in total. The molecule has 0 amide bonds. The van der Waals surface area contributed by atoms with Crippen molar-refractivity contribution in [1.82, 2.24) is 0 Å². The highest BCUT2D eigenvalue weighted by Crippen LogP contribution is 2.45. The van der Waals surface area contributed by atoms with Gasteiger partial charge < -0.3 is 9.84 Å². The highest BCUT2D eigenvalue weighted by Gasteiger charge is 2.43. The van der Waals surface area contributed by atoms with Gasteiger partial charge in [-0.05, 0) is 37.5 Å². The van der Waals surface area contributed by atoms with Crippen molar-refractivity contribution in [3.63, 3.8) is 0 Å². The Labute approximate surface area is 98.2 Å². The first-order valence-corrected chi connectivity index (χ1v) is 6.17. The number of esters is 1. The summed E-state index contributed by atoms with van der Waals surface area (Å²) in [4.78, 5) is 11.4. The smallest absolute Gasteiger partial charge is 0.308 e. The molecule has 0 aromatic heterocycles. The quantitative estimate of drug-likeness (QED) is 0.755. The van der Waals surface area contributed by atoms with Gasteiger partial charge in [-0.2, -0.15) is 0 Å². The van der Waals surface area contributed by atoms with Gasteiger partial charge in [0, 0.05) is 0 Å². The summed E-state index contributed by atoms with van der Waals surface area (Å²) in [5.74, 6) is -0.128. The van der Waals surface area contributed by atoms with Gasteiger partial charge in [0.1, 0.15) is 0 Å². The molecule has 0 bridgehead atoms. The molecule has 0 saturated heterocycles. The molecule has 0 aliphatic heterocycles. The molecule has 1 rings (SSSR count). The van der Waals surface area contributed by atoms with Gasteiger partial charge in [-0.25, -0.2) is 0 Å². The Hall–Kier alpha value is -0.570. The predicted molar refractivity (Wildman–Crippen MR) is 63.0 cm³/mol. The van der Waals surface area contributed by atoms with Crippen molar-refractivity contribution in [3.8, 4) is 0 Å². The standard InChI is InChI=1S/C13H24O3/c1-5-16-11(14)9-13(15)7-6-12(3,4)8-10(13)2/h10,15H,5-9H2,1-4H3. The first kappa shape index (κ1) is 13.5. The normalized spacial score (nSPS) is 33.4. The molecular weight excluding hydrogens is 204 g/mol. The fourth-order valence-corrected chi connectivity index (χ4v) is 2.65. The highest BCUT2D eigenvalue weighted by molar-refractivity contribution is 5.70. The second-order valence-corrected chi connectivity index (χ2v) is 5.85. The maximum absolute atomic E-state index is 11.4. The lowest BCUT2D eigenvalue weighted by Crippen LogP contribution is -2.45. The molecule has 16 heavy (non-hydrogen) atoms. The summed E-state index contributed by atoms with van der Waals surface area (Å²) in [6.45, 7) is 8.63. The average Bonchev–Trinajstić information content (AvgIpc) is 2.13. The summed E-state index contributed by atoms with van der Waals surface area (Å²) in [6, 6.07) is 0. The van der Waals surface area contributed by atoms with Crippen molar-refractivity contribution in [1.29, 1.82) is 0 Å². The summed E-state index contributed by atoms with van der Waals surface area (Å²) in [5, 5.41) is 10.5. The Kier molecular flexibility index (Phi) is 4.00. The van der Waals surface area contributed by atoms with E-state index in [1.807, 2.05) is 6.92 Å². The third kappa shape index (κ3) is 3.21. The zero-order valence-electron chi connectivity index (χ0n) is 10.9. The summed E-state index contributed by atoms with van der Waals surface area (Å²) < 4.78 is 4.91. The molecule has 1 fully saturated rings. The van der Waals surface area contributed by atoms with Gasteiger partial charge >= 0.3 is 5.97 Å². The zero-order chi connectivity index (χ0) is 12.4. The first-order valence-electron chi connectivity index (χ1n) is 6.17. The van der Waals surface area contributed by atoms with E-state index in [2.05, 4.69) is 13.8 Å². The van der Waals surface area contributed by atoms with Crippen LogP contribution in [0.3, 0.4) is 0 Å². The van der Waals surface area contributed by atoms with Crippen molar-refractivity contribution in [2.45, 2.75) is 59.0 Å². The number of hydrogen-bond donors (Lipinski definition) is 1. The van der Waals surface area contributed by atoms with E-state index >= 15 is 0 Å². The van der Waals surface area contributed by atoms with Crippen LogP contribution in [0, 0.1) is 11.3 Å². The Bertz CT molecular complexity index is 260. The Morgan fingerprint density at radius 2 is 2.06 bits per heavy atom. The van der Waals surface area contributed by atoms with Gasteiger partial charge in [0.2, 0.25) is 0 Å². The van der Waals surface area contributed by atoms with Crippen molar-refractivity contribution in [3.05, 3.63) is 0 Å². The van der Waals surface area contributed by atoms with Crippen molar-refractivity contribution < 1.29 is 14.6 Å². The lowest BCUT2D eigenvalue weighted by atomic mass is 9.64. The largest absolute Gasteiger partial charge is 0.466 e. The molecular formula is C13H24O3. The van der Waals surface area contributed by atoms with Crippen LogP contribution in [0.4, 0.5) is 0 Å². The fourth-order valence-electron chi connectivity index (χ4n) is 2.65.